The van der Waals surface area contributed by atoms with Gasteiger partial charge < -0.3 is 9.84 Å². The fourth-order valence-corrected chi connectivity index (χ4v) is 2.22. The molecule has 0 aromatic heterocycles. The van der Waals surface area contributed by atoms with Gasteiger partial charge in [0.2, 0.25) is 0 Å². The highest BCUT2D eigenvalue weighted by atomic mass is 16.5. The van der Waals surface area contributed by atoms with E-state index in [2.05, 4.69) is 18.7 Å². The highest BCUT2D eigenvalue weighted by molar-refractivity contribution is 4.73. The van der Waals surface area contributed by atoms with Crippen LogP contribution in [0.2, 0.25) is 0 Å². The van der Waals surface area contributed by atoms with Crippen LogP contribution in [0.15, 0.2) is 0 Å². The van der Waals surface area contributed by atoms with E-state index in [0.29, 0.717) is 12.2 Å². The van der Waals surface area contributed by atoms with Gasteiger partial charge in [0.05, 0.1) is 18.3 Å². The van der Waals surface area contributed by atoms with Gasteiger partial charge in [-0.05, 0) is 39.7 Å². The van der Waals surface area contributed by atoms with Crippen molar-refractivity contribution < 1.29 is 9.84 Å². The summed E-state index contributed by atoms with van der Waals surface area (Å²) in [5, 5.41) is 9.45. The maximum atomic E-state index is 9.45. The lowest BCUT2D eigenvalue weighted by molar-refractivity contribution is -0.0686. The Morgan fingerprint density at radius 1 is 1.33 bits per heavy atom. The van der Waals surface area contributed by atoms with Crippen molar-refractivity contribution >= 4 is 0 Å². The van der Waals surface area contributed by atoms with E-state index < -0.39 is 0 Å². The van der Waals surface area contributed by atoms with Gasteiger partial charge in [0.1, 0.15) is 0 Å². The lowest BCUT2D eigenvalue weighted by Crippen LogP contribution is -2.45. The van der Waals surface area contributed by atoms with Gasteiger partial charge in [0.15, 0.2) is 0 Å². The summed E-state index contributed by atoms with van der Waals surface area (Å²) in [6.45, 7) is 9.45. The van der Waals surface area contributed by atoms with E-state index in [-0.39, 0.29) is 6.10 Å². The molecule has 0 amide bonds. The fourth-order valence-electron chi connectivity index (χ4n) is 2.22. The predicted octanol–water partition coefficient (Wildman–Crippen LogP) is 1.65. The van der Waals surface area contributed by atoms with Crippen molar-refractivity contribution in [2.45, 2.75) is 58.3 Å². The van der Waals surface area contributed by atoms with Gasteiger partial charge in [-0.1, -0.05) is 6.92 Å². The molecule has 15 heavy (non-hydrogen) atoms. The first kappa shape index (κ1) is 12.9. The minimum absolute atomic E-state index is 0.110. The molecule has 0 aromatic rings. The van der Waals surface area contributed by atoms with Gasteiger partial charge in [0.25, 0.3) is 0 Å². The van der Waals surface area contributed by atoms with Crippen LogP contribution in [0.25, 0.3) is 0 Å². The van der Waals surface area contributed by atoms with Gasteiger partial charge in [-0.2, -0.15) is 0 Å². The Bertz CT molecular complexity index is 165. The number of aliphatic hydroxyl groups excluding tert-OH is 1. The van der Waals surface area contributed by atoms with Crippen molar-refractivity contribution in [3.8, 4) is 0 Å². The Morgan fingerprint density at radius 3 is 2.47 bits per heavy atom. The van der Waals surface area contributed by atoms with Crippen molar-refractivity contribution in [2.24, 2.45) is 0 Å². The first-order valence-corrected chi connectivity index (χ1v) is 6.17. The number of ether oxygens (including phenoxy) is 1. The fraction of sp³-hybridized carbons (Fsp3) is 1.00. The molecule has 3 atom stereocenters. The minimum atomic E-state index is -0.110. The molecule has 1 aliphatic rings. The first-order valence-electron chi connectivity index (χ1n) is 6.17. The van der Waals surface area contributed by atoms with Gasteiger partial charge in [-0.15, -0.1) is 0 Å². The second-order valence-electron chi connectivity index (χ2n) is 4.72. The predicted molar refractivity (Wildman–Crippen MR) is 62.0 cm³/mol. The maximum absolute atomic E-state index is 9.45. The van der Waals surface area contributed by atoms with E-state index in [0.717, 1.165) is 38.9 Å². The van der Waals surface area contributed by atoms with Gasteiger partial charge in [-0.3, -0.25) is 4.90 Å². The Hall–Kier alpha value is -0.120. The highest BCUT2D eigenvalue weighted by Gasteiger charge is 2.21. The molecule has 1 fully saturated rings. The smallest absolute Gasteiger partial charge is 0.0678 e. The SMILES string of the molecule is CCC(O)CCCN1C[C@@H](C)O[C@@H](C)C1. The van der Waals surface area contributed by atoms with Crippen LogP contribution in [-0.4, -0.2) is 48.0 Å². The van der Waals surface area contributed by atoms with Crippen LogP contribution in [-0.2, 0) is 4.74 Å². The molecule has 90 valence electrons. The average molecular weight is 215 g/mol. The van der Waals surface area contributed by atoms with Crippen LogP contribution in [0, 0.1) is 0 Å². The molecule has 0 aliphatic carbocycles. The zero-order valence-corrected chi connectivity index (χ0v) is 10.3. The summed E-state index contributed by atoms with van der Waals surface area (Å²) in [7, 11) is 0. The summed E-state index contributed by atoms with van der Waals surface area (Å²) >= 11 is 0. The summed E-state index contributed by atoms with van der Waals surface area (Å²) in [6.07, 6.45) is 3.48. The molecule has 1 saturated heterocycles. The van der Waals surface area contributed by atoms with E-state index in [9.17, 15) is 5.11 Å². The van der Waals surface area contributed by atoms with Crippen LogP contribution < -0.4 is 0 Å². The molecule has 1 aliphatic heterocycles. The van der Waals surface area contributed by atoms with Crippen molar-refractivity contribution in [3.05, 3.63) is 0 Å². The molecule has 0 bridgehead atoms. The summed E-state index contributed by atoms with van der Waals surface area (Å²) < 4.78 is 5.67. The van der Waals surface area contributed by atoms with Crippen LogP contribution in [0.5, 0.6) is 0 Å². The summed E-state index contributed by atoms with van der Waals surface area (Å²) in [5.41, 5.74) is 0. The summed E-state index contributed by atoms with van der Waals surface area (Å²) in [5.74, 6) is 0. The second kappa shape index (κ2) is 6.46. The van der Waals surface area contributed by atoms with E-state index in [1.165, 1.54) is 0 Å². The molecular weight excluding hydrogens is 190 g/mol. The van der Waals surface area contributed by atoms with Crippen molar-refractivity contribution in [2.75, 3.05) is 19.6 Å². The molecule has 0 aromatic carbocycles. The molecule has 0 saturated carbocycles. The molecule has 0 radical (unpaired) electrons. The summed E-state index contributed by atoms with van der Waals surface area (Å²) in [4.78, 5) is 2.45. The molecule has 1 unspecified atom stereocenters. The van der Waals surface area contributed by atoms with E-state index in [4.69, 9.17) is 4.74 Å². The minimum Gasteiger partial charge on any atom is -0.393 e. The van der Waals surface area contributed by atoms with Crippen LogP contribution >= 0.6 is 0 Å². The number of aliphatic hydroxyl groups is 1. The Labute approximate surface area is 93.4 Å². The van der Waals surface area contributed by atoms with E-state index >= 15 is 0 Å². The number of morpholine rings is 1. The Morgan fingerprint density at radius 2 is 1.93 bits per heavy atom. The monoisotopic (exact) mass is 215 g/mol. The highest BCUT2D eigenvalue weighted by Crippen LogP contribution is 2.12. The quantitative estimate of drug-likeness (QED) is 0.757. The molecule has 3 nitrogen and oxygen atoms in total. The molecule has 1 rings (SSSR count). The topological polar surface area (TPSA) is 32.7 Å². The molecule has 0 spiro atoms. The maximum Gasteiger partial charge on any atom is 0.0678 e. The van der Waals surface area contributed by atoms with Gasteiger partial charge in [-0.25, -0.2) is 0 Å². The van der Waals surface area contributed by atoms with Crippen molar-refractivity contribution in [3.63, 3.8) is 0 Å². The molecule has 1 heterocycles. The van der Waals surface area contributed by atoms with Crippen molar-refractivity contribution in [1.82, 2.24) is 4.90 Å². The lowest BCUT2D eigenvalue weighted by atomic mass is 10.1. The molecule has 1 N–H and O–H groups in total. The van der Waals surface area contributed by atoms with Crippen molar-refractivity contribution in [1.29, 1.82) is 0 Å². The standard InChI is InChI=1S/C12H25NO2/c1-4-12(14)6-5-7-13-8-10(2)15-11(3)9-13/h10-12,14H,4-9H2,1-3H3/t10-,11+,12?. The van der Waals surface area contributed by atoms with Crippen LogP contribution in [0.3, 0.4) is 0 Å². The Kier molecular flexibility index (Phi) is 5.58. The first-order chi connectivity index (χ1) is 7.11. The molecular formula is C12H25NO2. The normalized spacial score (nSPS) is 30.4. The second-order valence-corrected chi connectivity index (χ2v) is 4.72. The van der Waals surface area contributed by atoms with Gasteiger partial charge >= 0.3 is 0 Å². The third-order valence-corrected chi connectivity index (χ3v) is 2.98. The summed E-state index contributed by atoms with van der Waals surface area (Å²) in [6, 6.07) is 0. The Balaban J connectivity index is 2.15. The van der Waals surface area contributed by atoms with Gasteiger partial charge in [0, 0.05) is 13.1 Å². The van der Waals surface area contributed by atoms with E-state index in [1.807, 2.05) is 6.92 Å². The third-order valence-electron chi connectivity index (χ3n) is 2.98. The van der Waals surface area contributed by atoms with Crippen LogP contribution in [0.1, 0.15) is 40.0 Å². The van der Waals surface area contributed by atoms with E-state index in [1.54, 1.807) is 0 Å². The number of hydrogen-bond acceptors (Lipinski definition) is 3. The zero-order chi connectivity index (χ0) is 11.3. The van der Waals surface area contributed by atoms with Crippen LogP contribution in [0.4, 0.5) is 0 Å². The largest absolute Gasteiger partial charge is 0.393 e. The molecule has 3 heteroatoms. The number of hydrogen-bond donors (Lipinski definition) is 1. The zero-order valence-electron chi connectivity index (χ0n) is 10.3. The average Bonchev–Trinajstić information content (AvgIpc) is 2.16. The lowest BCUT2D eigenvalue weighted by Gasteiger charge is -2.35. The number of rotatable bonds is 5. The third kappa shape index (κ3) is 4.96. The number of nitrogens with zero attached hydrogens (tertiary/aromatic N) is 1.